The van der Waals surface area contributed by atoms with E-state index in [9.17, 15) is 4.79 Å². The molecule has 0 unspecified atom stereocenters. The maximum absolute atomic E-state index is 12.1. The number of piperidine rings is 1. The van der Waals surface area contributed by atoms with E-state index in [4.69, 9.17) is 21.7 Å². The van der Waals surface area contributed by atoms with Gasteiger partial charge in [0.05, 0.1) is 4.91 Å². The highest BCUT2D eigenvalue weighted by Gasteiger charge is 2.22. The maximum atomic E-state index is 12.1. The van der Waals surface area contributed by atoms with E-state index >= 15 is 0 Å². The summed E-state index contributed by atoms with van der Waals surface area (Å²) in [5.41, 5.74) is 1.85. The molecule has 1 N–H and O–H groups in total. The third-order valence-electron chi connectivity index (χ3n) is 5.38. The lowest BCUT2D eigenvalue weighted by molar-refractivity contribution is -0.115. The normalized spacial score (nSPS) is 18.1. The molecule has 0 aromatic heterocycles. The lowest BCUT2D eigenvalue weighted by atomic mass is 10.1. The van der Waals surface area contributed by atoms with Crippen LogP contribution in [0.25, 0.3) is 6.08 Å². The molecule has 1 amide bonds. The van der Waals surface area contributed by atoms with E-state index in [-0.39, 0.29) is 5.91 Å². The quantitative estimate of drug-likeness (QED) is 0.363. The molecule has 0 spiro atoms. The molecule has 8 heteroatoms. The Kier molecular flexibility index (Phi) is 8.24. The number of thiocarbonyl (C=S) groups is 1. The standard InChI is InChI=1S/C24H25BrN2O3S2/c25-20-7-3-2-6-18(20)16-30-21-15-19(29-13-12-27-10-4-1-5-11-27)9-8-17(21)14-22-23(28)26-24(31)32-22/h2-3,6-9,14-15H,1,4-5,10-13,16H2,(H,26,28,31)/b22-14-. The number of nitrogens with one attached hydrogen (secondary N) is 1. The first-order chi connectivity index (χ1) is 15.6. The lowest BCUT2D eigenvalue weighted by Gasteiger charge is -2.26. The van der Waals surface area contributed by atoms with E-state index in [0.29, 0.717) is 28.2 Å². The molecule has 5 nitrogen and oxygen atoms in total. The average Bonchev–Trinajstić information content (AvgIpc) is 3.11. The number of rotatable bonds is 8. The largest absolute Gasteiger partial charge is 0.492 e. The van der Waals surface area contributed by atoms with Gasteiger partial charge in [0.15, 0.2) is 0 Å². The number of amides is 1. The molecule has 2 saturated heterocycles. The van der Waals surface area contributed by atoms with Gasteiger partial charge in [-0.05, 0) is 50.2 Å². The van der Waals surface area contributed by atoms with Crippen molar-refractivity contribution >= 4 is 56.2 Å². The van der Waals surface area contributed by atoms with Gasteiger partial charge < -0.3 is 14.8 Å². The Hall–Kier alpha value is -1.87. The summed E-state index contributed by atoms with van der Waals surface area (Å²) in [4.78, 5) is 15.1. The molecule has 2 aromatic rings. The lowest BCUT2D eigenvalue weighted by Crippen LogP contribution is -2.33. The van der Waals surface area contributed by atoms with Crippen molar-refractivity contribution in [2.24, 2.45) is 0 Å². The Labute approximate surface area is 206 Å². The number of nitrogens with zero attached hydrogens (tertiary/aromatic N) is 1. The number of carbonyl (C=O) groups is 1. The number of benzene rings is 2. The molecular weight excluding hydrogens is 508 g/mol. The van der Waals surface area contributed by atoms with Gasteiger partial charge in [-0.2, -0.15) is 0 Å². The summed E-state index contributed by atoms with van der Waals surface area (Å²) in [6, 6.07) is 13.7. The summed E-state index contributed by atoms with van der Waals surface area (Å²) in [6.45, 7) is 4.26. The maximum Gasteiger partial charge on any atom is 0.263 e. The van der Waals surface area contributed by atoms with Crippen molar-refractivity contribution in [3.8, 4) is 11.5 Å². The number of hydrogen-bond acceptors (Lipinski definition) is 6. The van der Waals surface area contributed by atoms with Crippen LogP contribution in [0.2, 0.25) is 0 Å². The van der Waals surface area contributed by atoms with Crippen LogP contribution in [0.3, 0.4) is 0 Å². The van der Waals surface area contributed by atoms with Gasteiger partial charge in [-0.1, -0.05) is 64.5 Å². The van der Waals surface area contributed by atoms with Crippen molar-refractivity contribution in [3.05, 3.63) is 63.0 Å². The van der Waals surface area contributed by atoms with Crippen LogP contribution in [-0.2, 0) is 11.4 Å². The van der Waals surface area contributed by atoms with E-state index in [1.165, 1.54) is 31.0 Å². The molecule has 0 atom stereocenters. The second-order valence-electron chi connectivity index (χ2n) is 7.68. The molecule has 0 radical (unpaired) electrons. The fourth-order valence-electron chi connectivity index (χ4n) is 3.66. The predicted octanol–water partition coefficient (Wildman–Crippen LogP) is 5.38. The van der Waals surface area contributed by atoms with Crippen LogP contribution in [0.4, 0.5) is 0 Å². The zero-order valence-electron chi connectivity index (χ0n) is 17.6. The predicted molar refractivity (Wildman–Crippen MR) is 137 cm³/mol. The van der Waals surface area contributed by atoms with Gasteiger partial charge in [0.25, 0.3) is 5.91 Å². The van der Waals surface area contributed by atoms with Crippen molar-refractivity contribution in [1.29, 1.82) is 0 Å². The first-order valence-electron chi connectivity index (χ1n) is 10.7. The zero-order valence-corrected chi connectivity index (χ0v) is 20.9. The van der Waals surface area contributed by atoms with Crippen LogP contribution in [-0.4, -0.2) is 41.4 Å². The SMILES string of the molecule is O=C1NC(=S)S/C1=C\c1ccc(OCCN2CCCCC2)cc1OCc1ccccc1Br. The van der Waals surface area contributed by atoms with E-state index in [1.807, 2.05) is 48.5 Å². The number of ether oxygens (including phenoxy) is 2. The minimum absolute atomic E-state index is 0.182. The third kappa shape index (κ3) is 6.34. The highest BCUT2D eigenvalue weighted by atomic mass is 79.9. The highest BCUT2D eigenvalue weighted by Crippen LogP contribution is 2.32. The van der Waals surface area contributed by atoms with Crippen LogP contribution < -0.4 is 14.8 Å². The minimum Gasteiger partial charge on any atom is -0.492 e. The van der Waals surface area contributed by atoms with E-state index < -0.39 is 0 Å². The van der Waals surface area contributed by atoms with Crippen molar-refractivity contribution in [3.63, 3.8) is 0 Å². The van der Waals surface area contributed by atoms with Gasteiger partial charge in [-0.25, -0.2) is 0 Å². The molecule has 2 heterocycles. The second-order valence-corrected chi connectivity index (χ2v) is 10.3. The first kappa shape index (κ1) is 23.3. The summed E-state index contributed by atoms with van der Waals surface area (Å²) in [5.74, 6) is 1.24. The van der Waals surface area contributed by atoms with Crippen LogP contribution in [0.5, 0.6) is 11.5 Å². The minimum atomic E-state index is -0.182. The van der Waals surface area contributed by atoms with E-state index in [0.717, 1.165) is 41.0 Å². The number of carbonyl (C=O) groups excluding carboxylic acids is 1. The van der Waals surface area contributed by atoms with Gasteiger partial charge >= 0.3 is 0 Å². The number of thioether (sulfide) groups is 1. The van der Waals surface area contributed by atoms with Crippen molar-refractivity contribution in [2.75, 3.05) is 26.2 Å². The van der Waals surface area contributed by atoms with Crippen LogP contribution in [0.15, 0.2) is 51.8 Å². The Bertz CT molecular complexity index is 1020. The monoisotopic (exact) mass is 532 g/mol. The molecule has 2 aromatic carbocycles. The molecule has 4 rings (SSSR count). The van der Waals surface area contributed by atoms with Crippen molar-refractivity contribution in [2.45, 2.75) is 25.9 Å². The highest BCUT2D eigenvalue weighted by molar-refractivity contribution is 9.10. The Morgan fingerprint density at radius 3 is 2.69 bits per heavy atom. The molecule has 168 valence electrons. The summed E-state index contributed by atoms with van der Waals surface area (Å²) in [5, 5.41) is 2.65. The van der Waals surface area contributed by atoms with Gasteiger partial charge in [-0.15, -0.1) is 0 Å². The van der Waals surface area contributed by atoms with Gasteiger partial charge in [0, 0.05) is 28.2 Å². The van der Waals surface area contributed by atoms with Crippen molar-refractivity contribution in [1.82, 2.24) is 10.2 Å². The topological polar surface area (TPSA) is 50.8 Å². The smallest absolute Gasteiger partial charge is 0.263 e. The molecular formula is C24H25BrN2O3S2. The van der Waals surface area contributed by atoms with E-state index in [1.54, 1.807) is 0 Å². The third-order valence-corrected chi connectivity index (χ3v) is 7.32. The Morgan fingerprint density at radius 1 is 1.12 bits per heavy atom. The average molecular weight is 534 g/mol. The van der Waals surface area contributed by atoms with E-state index in [2.05, 4.69) is 26.1 Å². The molecule has 0 aliphatic carbocycles. The van der Waals surface area contributed by atoms with Gasteiger partial charge in [-0.3, -0.25) is 9.69 Å². The van der Waals surface area contributed by atoms with Crippen LogP contribution in [0.1, 0.15) is 30.4 Å². The molecule has 32 heavy (non-hydrogen) atoms. The fraction of sp³-hybridized carbons (Fsp3) is 0.333. The van der Waals surface area contributed by atoms with Gasteiger partial charge in [0.1, 0.15) is 29.0 Å². The molecule has 0 bridgehead atoms. The summed E-state index contributed by atoms with van der Waals surface area (Å²) < 4.78 is 13.7. The fourth-order valence-corrected chi connectivity index (χ4v) is 5.09. The molecule has 2 fully saturated rings. The molecule has 2 aliphatic rings. The number of likely N-dealkylation sites (tertiary alicyclic amines) is 1. The first-order valence-corrected chi connectivity index (χ1v) is 12.7. The summed E-state index contributed by atoms with van der Waals surface area (Å²) in [6.07, 6.45) is 5.68. The summed E-state index contributed by atoms with van der Waals surface area (Å²) >= 11 is 9.93. The molecule has 0 saturated carbocycles. The molecule has 2 aliphatic heterocycles. The van der Waals surface area contributed by atoms with Crippen LogP contribution in [0, 0.1) is 0 Å². The van der Waals surface area contributed by atoms with Gasteiger partial charge in [0.2, 0.25) is 0 Å². The van der Waals surface area contributed by atoms with Crippen LogP contribution >= 0.6 is 39.9 Å². The number of halogens is 1. The zero-order chi connectivity index (χ0) is 22.3. The number of hydrogen-bond donors (Lipinski definition) is 1. The summed E-state index contributed by atoms with van der Waals surface area (Å²) in [7, 11) is 0. The van der Waals surface area contributed by atoms with Crippen molar-refractivity contribution < 1.29 is 14.3 Å². The Morgan fingerprint density at radius 2 is 1.94 bits per heavy atom. The Balaban J connectivity index is 1.49. The second kappa shape index (κ2) is 11.3.